The Morgan fingerprint density at radius 2 is 0.946 bits per heavy atom. The molecule has 3 rings (SSSR count). The molecule has 0 aromatic heterocycles. The second-order valence-electron chi connectivity index (χ2n) is 13.9. The first kappa shape index (κ1) is 32.4. The predicted octanol–water partition coefficient (Wildman–Crippen LogP) is 4.57. The molecule has 4 bridgehead atoms. The molecule has 0 radical (unpaired) electrons. The Labute approximate surface area is 245 Å². The van der Waals surface area contributed by atoms with Gasteiger partial charge in [-0.05, 0) is 62.5 Å². The fourth-order valence-corrected chi connectivity index (χ4v) is 5.54. The van der Waals surface area contributed by atoms with Crippen molar-refractivity contribution in [2.75, 3.05) is 0 Å². The van der Waals surface area contributed by atoms with Gasteiger partial charge in [-0.1, -0.05) is 95.2 Å². The summed E-state index contributed by atoms with van der Waals surface area (Å²) in [4.78, 5) is 23.5. The molecule has 2 aromatic carbocycles. The summed E-state index contributed by atoms with van der Waals surface area (Å²) >= 11 is 0. The summed E-state index contributed by atoms with van der Waals surface area (Å²) in [5, 5.41) is 0. The van der Waals surface area contributed by atoms with Crippen molar-refractivity contribution in [3.05, 3.63) is 57.6 Å². The molecule has 6 nitrogen and oxygen atoms in total. The first-order valence-corrected chi connectivity index (χ1v) is 14.0. The number of hydrogen-bond acceptors (Lipinski definition) is 6. The molecule has 0 N–H and O–H groups in total. The topological polar surface area (TPSA) is 77.1 Å². The van der Waals surface area contributed by atoms with Gasteiger partial charge in [0.1, 0.15) is 0 Å². The van der Waals surface area contributed by atoms with Crippen molar-refractivity contribution in [2.24, 2.45) is 0 Å². The van der Waals surface area contributed by atoms with Crippen LogP contribution in [0.1, 0.15) is 116 Å². The summed E-state index contributed by atoms with van der Waals surface area (Å²) in [6, 6.07) is 7.59. The molecule has 37 heavy (non-hydrogen) atoms. The van der Waals surface area contributed by atoms with E-state index in [2.05, 4.69) is 83.1 Å². The van der Waals surface area contributed by atoms with E-state index in [9.17, 15) is 9.46 Å². The van der Waals surface area contributed by atoms with Crippen LogP contribution in [-0.2, 0) is 42.0 Å². The number of benzene rings is 2. The van der Waals surface area contributed by atoms with E-state index in [0.29, 0.717) is 17.9 Å². The van der Waals surface area contributed by atoms with Crippen LogP contribution in [0, 0.1) is 0 Å². The van der Waals surface area contributed by atoms with E-state index < -0.39 is 7.82 Å². The third-order valence-electron chi connectivity index (χ3n) is 6.46. The Bertz CT molecular complexity index is 1100. The summed E-state index contributed by atoms with van der Waals surface area (Å²) < 4.78 is 22.2. The molecule has 0 amide bonds. The minimum Gasteiger partial charge on any atom is -0.751 e. The average molecular weight is 541 g/mol. The van der Waals surface area contributed by atoms with Crippen molar-refractivity contribution in [3.63, 3.8) is 0 Å². The van der Waals surface area contributed by atoms with Crippen molar-refractivity contribution >= 4 is 7.82 Å². The number of fused-ring (bicyclic) bond motifs is 4. The summed E-state index contributed by atoms with van der Waals surface area (Å²) in [6.07, 6.45) is 0.613. The van der Waals surface area contributed by atoms with Gasteiger partial charge in [0.25, 0.3) is 0 Å². The van der Waals surface area contributed by atoms with Gasteiger partial charge < -0.3 is 14.7 Å². The van der Waals surface area contributed by atoms with Crippen molar-refractivity contribution < 1.29 is 58.1 Å². The largest absolute Gasteiger partial charge is 1.00 e. The van der Waals surface area contributed by atoms with E-state index in [1.165, 1.54) is 11.1 Å². The molecular weight excluding hydrogens is 498 g/mol. The Morgan fingerprint density at radius 1 is 0.622 bits per heavy atom. The van der Waals surface area contributed by atoms with Crippen molar-refractivity contribution in [2.45, 2.75) is 111 Å². The van der Waals surface area contributed by atoms with Crippen molar-refractivity contribution in [1.82, 2.24) is 0 Å². The monoisotopic (exact) mass is 540 g/mol. The van der Waals surface area contributed by atoms with Crippen LogP contribution < -0.4 is 44.2 Å². The first-order valence-electron chi connectivity index (χ1n) is 12.5. The van der Waals surface area contributed by atoms with E-state index in [1.54, 1.807) is 12.1 Å². The summed E-state index contributed by atoms with van der Waals surface area (Å²) in [7, 11) is -4.95. The molecular formula is C29H42NaO6P. The number of rotatable bonds is 0. The average Bonchev–Trinajstić information content (AvgIpc) is 2.66. The number of phosphoric acid groups is 1. The Balaban J connectivity index is 0.00000481. The Hall–Kier alpha value is -0.850. The molecule has 0 unspecified atom stereocenters. The molecule has 0 fully saturated rings. The van der Waals surface area contributed by atoms with Gasteiger partial charge in [0.15, 0.2) is 11.5 Å². The maximum absolute atomic E-state index is 12.6. The molecule has 2 aromatic rings. The quantitative estimate of drug-likeness (QED) is 0.277. The van der Waals surface area contributed by atoms with Crippen LogP contribution >= 0.6 is 7.82 Å². The van der Waals surface area contributed by atoms with Gasteiger partial charge in [0.05, 0.1) is 0 Å². The normalized spacial score (nSPS) is 16.5. The second-order valence-corrected chi connectivity index (χ2v) is 15.1. The smallest absolute Gasteiger partial charge is 0.751 e. The fraction of sp³-hybridized carbons (Fsp3) is 0.586. The minimum atomic E-state index is -4.95. The van der Waals surface area contributed by atoms with Crippen LogP contribution in [0.3, 0.4) is 0 Å². The zero-order valence-electron chi connectivity index (χ0n) is 24.9. The summed E-state index contributed by atoms with van der Waals surface area (Å²) in [6.45, 7) is 25.7. The zero-order valence-corrected chi connectivity index (χ0v) is 27.8. The van der Waals surface area contributed by atoms with Crippen LogP contribution in [-0.4, -0.2) is 0 Å². The van der Waals surface area contributed by atoms with Crippen LogP contribution in [0.15, 0.2) is 24.3 Å². The molecule has 0 aliphatic carbocycles. The van der Waals surface area contributed by atoms with Gasteiger partial charge in [0.2, 0.25) is 0 Å². The maximum Gasteiger partial charge on any atom is 1.00 e. The minimum absolute atomic E-state index is 0. The predicted molar refractivity (Wildman–Crippen MR) is 142 cm³/mol. The summed E-state index contributed by atoms with van der Waals surface area (Å²) in [5.74, 6) is 0.688. The van der Waals surface area contributed by atoms with Gasteiger partial charge in [-0.2, -0.15) is 0 Å². The van der Waals surface area contributed by atoms with Gasteiger partial charge >= 0.3 is 37.4 Å². The molecule has 8 heteroatoms. The third kappa shape index (κ3) is 7.22. The van der Waals surface area contributed by atoms with E-state index in [-0.39, 0.29) is 51.2 Å². The molecule has 0 atom stereocenters. The molecule has 0 saturated carbocycles. The molecule has 0 spiro atoms. The van der Waals surface area contributed by atoms with Gasteiger partial charge in [0, 0.05) is 11.1 Å². The first-order chi connectivity index (χ1) is 16.1. The molecule has 0 saturated heterocycles. The molecule has 1 aliphatic heterocycles. The van der Waals surface area contributed by atoms with E-state index in [0.717, 1.165) is 22.3 Å². The van der Waals surface area contributed by atoms with E-state index in [1.807, 2.05) is 12.1 Å². The van der Waals surface area contributed by atoms with Crippen LogP contribution in [0.25, 0.3) is 0 Å². The van der Waals surface area contributed by atoms with Crippen LogP contribution in [0.2, 0.25) is 0 Å². The van der Waals surface area contributed by atoms with Crippen LogP contribution in [0.5, 0.6) is 11.5 Å². The summed E-state index contributed by atoms with van der Waals surface area (Å²) in [5.41, 5.74) is 5.28. The fourth-order valence-electron chi connectivity index (χ4n) is 5.17. The molecule has 1 aliphatic rings. The van der Waals surface area contributed by atoms with E-state index >= 15 is 0 Å². The maximum atomic E-state index is 12.6. The van der Waals surface area contributed by atoms with Crippen molar-refractivity contribution in [1.29, 1.82) is 0 Å². The Kier molecular flexibility index (Phi) is 9.28. The standard InChI is InChI=1S/C29H43O6P.Na/c1-26(2,3)20-13-15-22-24(28(7,8)9)18(20)17-19-21(27(4,5)6)14-16-23(25(19)29(10,11)12)33-35-36(30,31)34-32-22;/h13-16H,17H2,1-12H3,(H,30,31);/q;+1/p-1. The third-order valence-corrected chi connectivity index (χ3v) is 6.97. The zero-order chi connectivity index (χ0) is 27.5. The SMILES string of the molecule is CC(C)(C)c1ccc2c(C(C)(C)C)c1Cc1c(C(C)(C)C)ccc(c1C(C)(C)C)OOP(=O)([O-])OO2.[Na+]. The van der Waals surface area contributed by atoms with Crippen LogP contribution in [0.4, 0.5) is 0 Å². The van der Waals surface area contributed by atoms with Gasteiger partial charge in [-0.15, -0.1) is 9.35 Å². The number of hydrogen-bond donors (Lipinski definition) is 0. The van der Waals surface area contributed by atoms with Gasteiger partial charge in [-0.3, -0.25) is 4.57 Å². The molecule has 1 heterocycles. The second kappa shape index (κ2) is 10.6. The molecule has 200 valence electrons. The van der Waals surface area contributed by atoms with Gasteiger partial charge in [-0.25, -0.2) is 0 Å². The Morgan fingerprint density at radius 3 is 1.22 bits per heavy atom. The van der Waals surface area contributed by atoms with E-state index in [4.69, 9.17) is 19.1 Å². The van der Waals surface area contributed by atoms with Crippen molar-refractivity contribution in [3.8, 4) is 11.5 Å².